The predicted molar refractivity (Wildman–Crippen MR) is 68.9 cm³/mol. The normalized spacial score (nSPS) is 20.8. The summed E-state index contributed by atoms with van der Waals surface area (Å²) >= 11 is 12.2. The van der Waals surface area contributed by atoms with Crippen molar-refractivity contribution < 1.29 is 9.53 Å². The van der Waals surface area contributed by atoms with Crippen molar-refractivity contribution in [2.24, 2.45) is 0 Å². The fourth-order valence-corrected chi connectivity index (χ4v) is 2.92. The highest BCUT2D eigenvalue weighted by molar-refractivity contribution is 6.31. The first kappa shape index (κ1) is 12.9. The Morgan fingerprint density at radius 1 is 1.35 bits per heavy atom. The number of hydrogen-bond donors (Lipinski definition) is 0. The van der Waals surface area contributed by atoms with Gasteiger partial charge in [-0.3, -0.25) is 0 Å². The minimum absolute atomic E-state index is 0.341. The lowest BCUT2D eigenvalue weighted by molar-refractivity contribution is -0.109. The summed E-state index contributed by atoms with van der Waals surface area (Å²) in [7, 11) is 0. The average molecular weight is 273 g/mol. The molecule has 92 valence electrons. The summed E-state index contributed by atoms with van der Waals surface area (Å²) in [5, 5.41) is 0.132. The molecule has 0 aromatic heterocycles. The van der Waals surface area contributed by atoms with E-state index in [-0.39, 0.29) is 5.41 Å². The van der Waals surface area contributed by atoms with Crippen molar-refractivity contribution >= 4 is 29.5 Å². The van der Waals surface area contributed by atoms with Crippen LogP contribution in [-0.2, 0) is 14.9 Å². The van der Waals surface area contributed by atoms with Crippen LogP contribution in [-0.4, -0.2) is 24.9 Å². The number of alkyl halides is 1. The molecule has 1 unspecified atom stereocenters. The second-order valence-corrected chi connectivity index (χ2v) is 5.22. The van der Waals surface area contributed by atoms with Crippen LogP contribution in [0.15, 0.2) is 24.3 Å². The van der Waals surface area contributed by atoms with Crippen molar-refractivity contribution in [2.45, 2.75) is 23.6 Å². The highest BCUT2D eigenvalue weighted by atomic mass is 35.5. The van der Waals surface area contributed by atoms with Crippen LogP contribution in [0.5, 0.6) is 0 Å². The van der Waals surface area contributed by atoms with Gasteiger partial charge < -0.3 is 9.53 Å². The lowest BCUT2D eigenvalue weighted by Gasteiger charge is -2.39. The fraction of sp³-hybridized carbons (Fsp3) is 0.462. The lowest BCUT2D eigenvalue weighted by Crippen LogP contribution is -2.42. The van der Waals surface area contributed by atoms with Crippen LogP contribution in [0.1, 0.15) is 18.4 Å². The van der Waals surface area contributed by atoms with Gasteiger partial charge in [0.05, 0.1) is 5.38 Å². The van der Waals surface area contributed by atoms with E-state index in [1.54, 1.807) is 0 Å². The number of rotatable bonds is 3. The molecule has 1 aromatic carbocycles. The molecule has 17 heavy (non-hydrogen) atoms. The Balaban J connectivity index is 2.42. The Morgan fingerprint density at radius 2 is 2.06 bits per heavy atom. The summed E-state index contributed by atoms with van der Waals surface area (Å²) < 4.78 is 5.36. The molecule has 1 aromatic rings. The monoisotopic (exact) mass is 272 g/mol. The highest BCUT2D eigenvalue weighted by Gasteiger charge is 2.41. The lowest BCUT2D eigenvalue weighted by atomic mass is 9.72. The Bertz CT molecular complexity index is 400. The Morgan fingerprint density at radius 3 is 2.65 bits per heavy atom. The summed E-state index contributed by atoms with van der Waals surface area (Å²) in [6.45, 7) is 1.26. The van der Waals surface area contributed by atoms with Crippen LogP contribution >= 0.6 is 23.2 Å². The molecule has 1 aliphatic heterocycles. The second-order valence-electron chi connectivity index (χ2n) is 4.32. The van der Waals surface area contributed by atoms with Gasteiger partial charge in [0.2, 0.25) is 0 Å². The van der Waals surface area contributed by atoms with Crippen LogP contribution < -0.4 is 0 Å². The molecule has 1 atom stereocenters. The summed E-state index contributed by atoms with van der Waals surface area (Å²) in [6, 6.07) is 7.59. The minimum Gasteiger partial charge on any atom is -0.381 e. The average Bonchev–Trinajstić information content (AvgIpc) is 2.38. The molecule has 1 fully saturated rings. The Labute approximate surface area is 111 Å². The molecule has 0 radical (unpaired) electrons. The fourth-order valence-electron chi connectivity index (χ4n) is 2.39. The predicted octanol–water partition coefficient (Wildman–Crippen LogP) is 3.19. The number of hydrogen-bond acceptors (Lipinski definition) is 2. The molecule has 0 aliphatic carbocycles. The van der Waals surface area contributed by atoms with Gasteiger partial charge in [0.1, 0.15) is 6.29 Å². The van der Waals surface area contributed by atoms with Gasteiger partial charge >= 0.3 is 0 Å². The molecule has 4 heteroatoms. The third-order valence-corrected chi connectivity index (χ3v) is 4.19. The molecular weight excluding hydrogens is 259 g/mol. The van der Waals surface area contributed by atoms with Crippen molar-refractivity contribution in [3.8, 4) is 0 Å². The zero-order valence-electron chi connectivity index (χ0n) is 9.36. The van der Waals surface area contributed by atoms with E-state index in [9.17, 15) is 4.79 Å². The number of ether oxygens (including phenoxy) is 1. The first-order chi connectivity index (χ1) is 8.19. The molecule has 2 nitrogen and oxygen atoms in total. The molecule has 1 saturated heterocycles. The van der Waals surface area contributed by atoms with Gasteiger partial charge in [0.25, 0.3) is 0 Å². The van der Waals surface area contributed by atoms with Crippen LogP contribution in [0.3, 0.4) is 0 Å². The minimum atomic E-state index is -0.537. The number of halogens is 2. The second kappa shape index (κ2) is 5.38. The maximum Gasteiger partial charge on any atom is 0.138 e. The van der Waals surface area contributed by atoms with Gasteiger partial charge in [0.15, 0.2) is 0 Å². The van der Waals surface area contributed by atoms with Crippen molar-refractivity contribution in [1.82, 2.24) is 0 Å². The molecule has 1 aliphatic rings. The molecule has 0 bridgehead atoms. The van der Waals surface area contributed by atoms with E-state index in [2.05, 4.69) is 0 Å². The van der Waals surface area contributed by atoms with Crippen molar-refractivity contribution in [3.05, 3.63) is 34.9 Å². The molecule has 0 saturated carbocycles. The summed E-state index contributed by atoms with van der Waals surface area (Å²) in [5.41, 5.74) is 0.687. The van der Waals surface area contributed by atoms with Crippen molar-refractivity contribution in [2.75, 3.05) is 13.2 Å². The Hall–Kier alpha value is -0.570. The zero-order chi connectivity index (χ0) is 12.3. The Kier molecular flexibility index (Phi) is 4.08. The molecule has 0 spiro atoms. The van der Waals surface area contributed by atoms with Gasteiger partial charge in [0, 0.05) is 23.7 Å². The smallest absolute Gasteiger partial charge is 0.138 e. The van der Waals surface area contributed by atoms with Gasteiger partial charge in [-0.1, -0.05) is 23.7 Å². The van der Waals surface area contributed by atoms with Gasteiger partial charge in [-0.25, -0.2) is 0 Å². The molecule has 2 rings (SSSR count). The van der Waals surface area contributed by atoms with E-state index >= 15 is 0 Å². The first-order valence-corrected chi connectivity index (χ1v) is 6.44. The van der Waals surface area contributed by atoms with E-state index in [4.69, 9.17) is 27.9 Å². The number of carbonyl (C=O) groups excluding carboxylic acids is 1. The molecule has 0 amide bonds. The van der Waals surface area contributed by atoms with Gasteiger partial charge in [-0.15, -0.1) is 11.6 Å². The standard InChI is InChI=1S/C13H14Cl2O2/c14-11-3-1-2-10(8-11)13(12(15)9-16)4-6-17-7-5-13/h1-3,8-9,12H,4-7H2. The SMILES string of the molecule is O=CC(Cl)C1(c2cccc(Cl)c2)CCOCC1. The zero-order valence-corrected chi connectivity index (χ0v) is 10.9. The third kappa shape index (κ3) is 2.49. The summed E-state index contributed by atoms with van der Waals surface area (Å²) in [6.07, 6.45) is 2.31. The molecular formula is C13H14Cl2O2. The van der Waals surface area contributed by atoms with Crippen LogP contribution in [0.4, 0.5) is 0 Å². The maximum absolute atomic E-state index is 11.1. The highest BCUT2D eigenvalue weighted by Crippen LogP contribution is 2.40. The number of aldehydes is 1. The van der Waals surface area contributed by atoms with E-state index < -0.39 is 5.38 Å². The van der Waals surface area contributed by atoms with Gasteiger partial charge in [-0.05, 0) is 30.5 Å². The van der Waals surface area contributed by atoms with E-state index in [1.165, 1.54) is 0 Å². The first-order valence-electron chi connectivity index (χ1n) is 5.62. The number of benzene rings is 1. The number of carbonyl (C=O) groups is 1. The van der Waals surface area contributed by atoms with Crippen LogP contribution in [0.25, 0.3) is 0 Å². The largest absolute Gasteiger partial charge is 0.381 e. The van der Waals surface area contributed by atoms with Gasteiger partial charge in [-0.2, -0.15) is 0 Å². The quantitative estimate of drug-likeness (QED) is 0.624. The summed E-state index contributed by atoms with van der Waals surface area (Å²) in [5.74, 6) is 0. The molecule has 1 heterocycles. The third-order valence-electron chi connectivity index (χ3n) is 3.43. The van der Waals surface area contributed by atoms with E-state index in [0.29, 0.717) is 18.2 Å². The van der Waals surface area contributed by atoms with E-state index in [0.717, 1.165) is 24.7 Å². The maximum atomic E-state index is 11.1. The van der Waals surface area contributed by atoms with Crippen LogP contribution in [0.2, 0.25) is 5.02 Å². The van der Waals surface area contributed by atoms with E-state index in [1.807, 2.05) is 24.3 Å². The topological polar surface area (TPSA) is 26.3 Å². The molecule has 0 N–H and O–H groups in total. The van der Waals surface area contributed by atoms with Crippen molar-refractivity contribution in [1.29, 1.82) is 0 Å². The summed E-state index contributed by atoms with van der Waals surface area (Å²) in [4.78, 5) is 11.1. The van der Waals surface area contributed by atoms with Crippen molar-refractivity contribution in [3.63, 3.8) is 0 Å². The van der Waals surface area contributed by atoms with Crippen LogP contribution in [0, 0.1) is 0 Å².